The molecule has 1 N–H and O–H groups in total. The number of hydrogen-bond donors (Lipinski definition) is 1. The van der Waals surface area contributed by atoms with E-state index in [2.05, 4.69) is 15.3 Å². The quantitative estimate of drug-likeness (QED) is 0.501. The average molecular weight is 381 g/mol. The standard InChI is InChI=1S/C20H19N3O3S/c1-14-6-8-15(9-7-14)10-22-18(24)12-26-20(25)13-27-19-11-21-16-4-2-3-5-17(16)23-19/h2-9,11H,10,12-13H2,1H3,(H,22,24). The van der Waals surface area contributed by atoms with Crippen LogP contribution in [0, 0.1) is 6.92 Å². The van der Waals surface area contributed by atoms with Gasteiger partial charge in [-0.2, -0.15) is 0 Å². The first kappa shape index (κ1) is 18.8. The predicted octanol–water partition coefficient (Wildman–Crippen LogP) is 2.89. The Hall–Kier alpha value is -2.93. The van der Waals surface area contributed by atoms with Crippen molar-refractivity contribution in [3.8, 4) is 0 Å². The molecule has 0 aliphatic heterocycles. The normalized spacial score (nSPS) is 10.6. The topological polar surface area (TPSA) is 81.2 Å². The van der Waals surface area contributed by atoms with E-state index in [0.29, 0.717) is 11.6 Å². The first-order valence-corrected chi connectivity index (χ1v) is 9.41. The number of nitrogens with zero attached hydrogens (tertiary/aromatic N) is 2. The lowest BCUT2D eigenvalue weighted by molar-refractivity contribution is -0.145. The molecule has 0 unspecified atom stereocenters. The number of para-hydroxylation sites is 2. The molecule has 27 heavy (non-hydrogen) atoms. The highest BCUT2D eigenvalue weighted by Gasteiger charge is 2.09. The van der Waals surface area contributed by atoms with Gasteiger partial charge in [-0.15, -0.1) is 0 Å². The summed E-state index contributed by atoms with van der Waals surface area (Å²) in [5, 5.41) is 3.36. The fourth-order valence-electron chi connectivity index (χ4n) is 2.29. The van der Waals surface area contributed by atoms with Crippen LogP contribution in [0.25, 0.3) is 11.0 Å². The maximum absolute atomic E-state index is 11.8. The van der Waals surface area contributed by atoms with Crippen LogP contribution in [-0.2, 0) is 20.9 Å². The number of carbonyl (C=O) groups is 2. The second kappa shape index (κ2) is 9.14. The Morgan fingerprint density at radius 2 is 1.81 bits per heavy atom. The van der Waals surface area contributed by atoms with Crippen molar-refractivity contribution in [3.05, 3.63) is 65.9 Å². The van der Waals surface area contributed by atoms with Crippen molar-refractivity contribution in [1.82, 2.24) is 15.3 Å². The molecule has 0 saturated heterocycles. The summed E-state index contributed by atoms with van der Waals surface area (Å²) >= 11 is 1.23. The zero-order valence-corrected chi connectivity index (χ0v) is 15.7. The summed E-state index contributed by atoms with van der Waals surface area (Å²) in [5.74, 6) is -0.738. The number of ether oxygens (including phenoxy) is 1. The van der Waals surface area contributed by atoms with Gasteiger partial charge in [0, 0.05) is 6.54 Å². The molecule has 0 saturated carbocycles. The van der Waals surface area contributed by atoms with Crippen molar-refractivity contribution >= 4 is 34.7 Å². The molecule has 7 heteroatoms. The van der Waals surface area contributed by atoms with Crippen LogP contribution in [0.3, 0.4) is 0 Å². The number of thioether (sulfide) groups is 1. The van der Waals surface area contributed by atoms with Gasteiger partial charge < -0.3 is 10.1 Å². The van der Waals surface area contributed by atoms with Crippen molar-refractivity contribution in [2.45, 2.75) is 18.5 Å². The minimum absolute atomic E-state index is 0.0677. The molecule has 0 spiro atoms. The molecule has 3 aromatic rings. The van der Waals surface area contributed by atoms with Gasteiger partial charge in [-0.3, -0.25) is 14.6 Å². The smallest absolute Gasteiger partial charge is 0.316 e. The summed E-state index contributed by atoms with van der Waals surface area (Å²) < 4.78 is 5.00. The van der Waals surface area contributed by atoms with Crippen LogP contribution >= 0.6 is 11.8 Å². The number of amides is 1. The van der Waals surface area contributed by atoms with Gasteiger partial charge in [0.05, 0.1) is 23.0 Å². The molecule has 0 aliphatic carbocycles. The maximum atomic E-state index is 11.8. The Kier molecular flexibility index (Phi) is 6.38. The van der Waals surface area contributed by atoms with E-state index in [-0.39, 0.29) is 18.3 Å². The molecule has 0 bridgehead atoms. The van der Waals surface area contributed by atoms with Gasteiger partial charge in [0.15, 0.2) is 6.61 Å². The van der Waals surface area contributed by atoms with E-state index in [1.165, 1.54) is 11.8 Å². The third-order valence-corrected chi connectivity index (χ3v) is 4.61. The van der Waals surface area contributed by atoms with E-state index in [0.717, 1.165) is 22.2 Å². The van der Waals surface area contributed by atoms with E-state index < -0.39 is 5.97 Å². The molecule has 3 rings (SSSR count). The summed E-state index contributed by atoms with van der Waals surface area (Å²) in [6.07, 6.45) is 1.62. The monoisotopic (exact) mass is 381 g/mol. The molecule has 1 heterocycles. The number of esters is 1. The molecule has 1 aromatic heterocycles. The number of rotatable bonds is 7. The van der Waals surface area contributed by atoms with Crippen molar-refractivity contribution in [2.24, 2.45) is 0 Å². The molecule has 2 aromatic carbocycles. The summed E-state index contributed by atoms with van der Waals surface area (Å²) in [7, 11) is 0. The molecule has 0 atom stereocenters. The van der Waals surface area contributed by atoms with Gasteiger partial charge in [0.2, 0.25) is 0 Å². The second-order valence-corrected chi connectivity index (χ2v) is 6.90. The van der Waals surface area contributed by atoms with E-state index in [4.69, 9.17) is 4.74 Å². The van der Waals surface area contributed by atoms with Gasteiger partial charge in [0.25, 0.3) is 5.91 Å². The number of carbonyl (C=O) groups excluding carboxylic acids is 2. The predicted molar refractivity (Wildman–Crippen MR) is 104 cm³/mol. The number of aryl methyl sites for hydroxylation is 1. The molecule has 0 aliphatic rings. The Labute approximate surface area is 161 Å². The van der Waals surface area contributed by atoms with Gasteiger partial charge in [0.1, 0.15) is 5.03 Å². The molecular weight excluding hydrogens is 362 g/mol. The van der Waals surface area contributed by atoms with Crippen LogP contribution < -0.4 is 5.32 Å². The number of hydrogen-bond acceptors (Lipinski definition) is 6. The van der Waals surface area contributed by atoms with Crippen molar-refractivity contribution in [3.63, 3.8) is 0 Å². The molecule has 1 amide bonds. The second-order valence-electron chi connectivity index (χ2n) is 5.91. The van der Waals surface area contributed by atoms with Crippen LogP contribution in [0.1, 0.15) is 11.1 Å². The molecule has 138 valence electrons. The lowest BCUT2D eigenvalue weighted by Gasteiger charge is -2.07. The summed E-state index contributed by atoms with van der Waals surface area (Å²) in [5.41, 5.74) is 3.72. The van der Waals surface area contributed by atoms with Crippen LogP contribution in [-0.4, -0.2) is 34.2 Å². The number of benzene rings is 2. The van der Waals surface area contributed by atoms with Crippen LogP contribution in [0.15, 0.2) is 59.8 Å². The number of fused-ring (bicyclic) bond motifs is 1. The molecule has 0 radical (unpaired) electrons. The van der Waals surface area contributed by atoms with E-state index >= 15 is 0 Å². The van der Waals surface area contributed by atoms with Crippen LogP contribution in [0.5, 0.6) is 0 Å². The number of nitrogens with one attached hydrogen (secondary N) is 1. The largest absolute Gasteiger partial charge is 0.455 e. The van der Waals surface area contributed by atoms with Gasteiger partial charge >= 0.3 is 5.97 Å². The summed E-state index contributed by atoms with van der Waals surface area (Å²) in [6.45, 7) is 2.11. The summed E-state index contributed by atoms with van der Waals surface area (Å²) in [6, 6.07) is 15.4. The van der Waals surface area contributed by atoms with Crippen molar-refractivity contribution < 1.29 is 14.3 Å². The Morgan fingerprint density at radius 1 is 1.07 bits per heavy atom. The minimum atomic E-state index is -0.472. The Balaban J connectivity index is 1.39. The lowest BCUT2D eigenvalue weighted by atomic mass is 10.1. The first-order chi connectivity index (χ1) is 13.1. The van der Waals surface area contributed by atoms with Crippen molar-refractivity contribution in [2.75, 3.05) is 12.4 Å². The average Bonchev–Trinajstić information content (AvgIpc) is 2.70. The lowest BCUT2D eigenvalue weighted by Crippen LogP contribution is -2.28. The third kappa shape index (κ3) is 5.79. The minimum Gasteiger partial charge on any atom is -0.455 e. The zero-order valence-electron chi connectivity index (χ0n) is 14.8. The Bertz CT molecular complexity index is 945. The summed E-state index contributed by atoms with van der Waals surface area (Å²) in [4.78, 5) is 32.3. The van der Waals surface area contributed by atoms with Crippen molar-refractivity contribution in [1.29, 1.82) is 0 Å². The van der Waals surface area contributed by atoms with E-state index in [9.17, 15) is 9.59 Å². The highest BCUT2D eigenvalue weighted by atomic mass is 32.2. The van der Waals surface area contributed by atoms with E-state index in [1.807, 2.05) is 55.5 Å². The van der Waals surface area contributed by atoms with Gasteiger partial charge in [-0.05, 0) is 24.6 Å². The fourth-order valence-corrected chi connectivity index (χ4v) is 2.93. The molecular formula is C20H19N3O3S. The number of aromatic nitrogens is 2. The highest BCUT2D eigenvalue weighted by molar-refractivity contribution is 7.99. The highest BCUT2D eigenvalue weighted by Crippen LogP contribution is 2.17. The van der Waals surface area contributed by atoms with E-state index in [1.54, 1.807) is 6.20 Å². The van der Waals surface area contributed by atoms with Crippen LogP contribution in [0.2, 0.25) is 0 Å². The zero-order chi connectivity index (χ0) is 19.1. The maximum Gasteiger partial charge on any atom is 0.316 e. The van der Waals surface area contributed by atoms with Gasteiger partial charge in [-0.1, -0.05) is 53.7 Å². The van der Waals surface area contributed by atoms with Crippen LogP contribution in [0.4, 0.5) is 0 Å². The third-order valence-electron chi connectivity index (χ3n) is 3.74. The molecule has 0 fully saturated rings. The Morgan fingerprint density at radius 3 is 2.59 bits per heavy atom. The van der Waals surface area contributed by atoms with Gasteiger partial charge in [-0.25, -0.2) is 4.98 Å². The first-order valence-electron chi connectivity index (χ1n) is 8.42. The molecule has 6 nitrogen and oxygen atoms in total. The SMILES string of the molecule is Cc1ccc(CNC(=O)COC(=O)CSc2cnc3ccccc3n2)cc1. The fraction of sp³-hybridized carbons (Fsp3) is 0.200.